The predicted molar refractivity (Wildman–Crippen MR) is 71.6 cm³/mol. The van der Waals surface area contributed by atoms with Crippen LogP contribution in [-0.2, 0) is 28.0 Å². The van der Waals surface area contributed by atoms with Crippen molar-refractivity contribution in [3.05, 3.63) is 11.4 Å². The molecule has 0 heterocycles. The second kappa shape index (κ2) is 7.02. The van der Waals surface area contributed by atoms with Crippen LogP contribution >= 0.6 is 7.60 Å². The number of allylic oxidation sites excluding steroid dienone is 1. The first-order chi connectivity index (χ1) is 9.34. The van der Waals surface area contributed by atoms with Gasteiger partial charge in [0, 0.05) is 33.4 Å². The SMILES string of the molecule is COP(=O)(OC)C1=CC(N(OC(C)=O)C(C)=O)CCC1. The Labute approximate surface area is 118 Å². The van der Waals surface area contributed by atoms with Gasteiger partial charge in [0.2, 0.25) is 0 Å². The first-order valence-corrected chi connectivity index (χ1v) is 7.79. The van der Waals surface area contributed by atoms with E-state index in [0.29, 0.717) is 24.6 Å². The molecule has 0 aliphatic heterocycles. The Morgan fingerprint density at radius 2 is 1.90 bits per heavy atom. The highest BCUT2D eigenvalue weighted by atomic mass is 31.2. The molecule has 0 radical (unpaired) electrons. The minimum Gasteiger partial charge on any atom is -0.338 e. The molecule has 1 unspecified atom stereocenters. The van der Waals surface area contributed by atoms with Crippen molar-refractivity contribution in [1.29, 1.82) is 0 Å². The van der Waals surface area contributed by atoms with Crippen molar-refractivity contribution >= 4 is 19.5 Å². The Hall–Kier alpha value is -1.17. The molecule has 0 aromatic heterocycles. The maximum Gasteiger partial charge on any atom is 0.356 e. The number of hydrogen-bond donors (Lipinski definition) is 0. The Kier molecular flexibility index (Phi) is 5.92. The predicted octanol–water partition coefficient (Wildman–Crippen LogP) is 2.24. The van der Waals surface area contributed by atoms with Gasteiger partial charge in [0.25, 0.3) is 5.91 Å². The van der Waals surface area contributed by atoms with Gasteiger partial charge in [-0.15, -0.1) is 0 Å². The van der Waals surface area contributed by atoms with Crippen molar-refractivity contribution in [3.8, 4) is 0 Å². The molecule has 20 heavy (non-hydrogen) atoms. The molecule has 0 bridgehead atoms. The monoisotopic (exact) mass is 305 g/mol. The molecule has 0 saturated carbocycles. The summed E-state index contributed by atoms with van der Waals surface area (Å²) < 4.78 is 22.2. The molecule has 0 N–H and O–H groups in total. The van der Waals surface area contributed by atoms with E-state index in [-0.39, 0.29) is 0 Å². The molecular formula is C12H20NO6P. The molecule has 1 aliphatic rings. The third-order valence-corrected chi connectivity index (χ3v) is 5.03. The number of hydroxylamine groups is 2. The smallest absolute Gasteiger partial charge is 0.338 e. The van der Waals surface area contributed by atoms with E-state index in [2.05, 4.69) is 0 Å². The van der Waals surface area contributed by atoms with E-state index in [1.165, 1.54) is 28.1 Å². The average Bonchev–Trinajstić information content (AvgIpc) is 2.43. The third-order valence-electron chi connectivity index (χ3n) is 2.99. The van der Waals surface area contributed by atoms with Crippen LogP contribution in [0.3, 0.4) is 0 Å². The molecule has 1 rings (SSSR count). The highest BCUT2D eigenvalue weighted by Crippen LogP contribution is 2.57. The van der Waals surface area contributed by atoms with Gasteiger partial charge in [0.1, 0.15) is 0 Å². The van der Waals surface area contributed by atoms with Gasteiger partial charge in [-0.25, -0.2) is 0 Å². The van der Waals surface area contributed by atoms with E-state index >= 15 is 0 Å². The minimum atomic E-state index is -3.32. The number of rotatable bonds is 4. The fourth-order valence-corrected chi connectivity index (χ4v) is 3.51. The number of carbonyl (C=O) groups excluding carboxylic acids is 2. The highest BCUT2D eigenvalue weighted by molar-refractivity contribution is 7.58. The molecule has 8 heteroatoms. The summed E-state index contributed by atoms with van der Waals surface area (Å²) in [5.74, 6) is -0.977. The van der Waals surface area contributed by atoms with Crippen LogP contribution in [0.2, 0.25) is 0 Å². The molecule has 114 valence electrons. The van der Waals surface area contributed by atoms with Gasteiger partial charge in [-0.3, -0.25) is 14.2 Å². The molecule has 1 atom stereocenters. The van der Waals surface area contributed by atoms with E-state index in [1.807, 2.05) is 0 Å². The summed E-state index contributed by atoms with van der Waals surface area (Å²) >= 11 is 0. The van der Waals surface area contributed by atoms with Crippen LogP contribution in [0.4, 0.5) is 0 Å². The van der Waals surface area contributed by atoms with E-state index in [4.69, 9.17) is 13.9 Å². The quantitative estimate of drug-likeness (QED) is 0.585. The zero-order valence-corrected chi connectivity index (χ0v) is 13.0. The van der Waals surface area contributed by atoms with Crippen molar-refractivity contribution < 1.29 is 28.0 Å². The molecule has 1 amide bonds. The van der Waals surface area contributed by atoms with Crippen molar-refractivity contribution in [1.82, 2.24) is 5.06 Å². The second-order valence-electron chi connectivity index (χ2n) is 4.41. The average molecular weight is 305 g/mol. The summed E-state index contributed by atoms with van der Waals surface area (Å²) in [6.07, 6.45) is 3.49. The lowest BCUT2D eigenvalue weighted by atomic mass is 10.0. The third kappa shape index (κ3) is 3.91. The molecule has 0 fully saturated rings. The lowest BCUT2D eigenvalue weighted by Crippen LogP contribution is -2.40. The van der Waals surface area contributed by atoms with Crippen molar-refractivity contribution in [2.45, 2.75) is 39.2 Å². The van der Waals surface area contributed by atoms with Crippen molar-refractivity contribution in [2.24, 2.45) is 0 Å². The van der Waals surface area contributed by atoms with Crippen molar-refractivity contribution in [2.75, 3.05) is 14.2 Å². The fraction of sp³-hybridized carbons (Fsp3) is 0.667. The number of amides is 1. The van der Waals surface area contributed by atoms with E-state index < -0.39 is 25.5 Å². The molecular weight excluding hydrogens is 285 g/mol. The van der Waals surface area contributed by atoms with Crippen LogP contribution < -0.4 is 0 Å². The zero-order chi connectivity index (χ0) is 15.3. The molecule has 0 spiro atoms. The van der Waals surface area contributed by atoms with Crippen LogP contribution in [-0.4, -0.2) is 37.2 Å². The summed E-state index contributed by atoms with van der Waals surface area (Å²) in [6, 6.07) is -0.459. The van der Waals surface area contributed by atoms with Gasteiger partial charge in [0.05, 0.1) is 6.04 Å². The van der Waals surface area contributed by atoms with Gasteiger partial charge in [-0.1, -0.05) is 0 Å². The topological polar surface area (TPSA) is 82.1 Å². The lowest BCUT2D eigenvalue weighted by molar-refractivity contribution is -0.201. The number of hydrogen-bond acceptors (Lipinski definition) is 6. The molecule has 0 aromatic rings. The Balaban J connectivity index is 3.03. The largest absolute Gasteiger partial charge is 0.356 e. The zero-order valence-electron chi connectivity index (χ0n) is 12.1. The Morgan fingerprint density at radius 3 is 2.35 bits per heavy atom. The number of carbonyl (C=O) groups is 2. The number of nitrogens with zero attached hydrogens (tertiary/aromatic N) is 1. The maximum absolute atomic E-state index is 12.3. The molecule has 0 aromatic carbocycles. The Morgan fingerprint density at radius 1 is 1.30 bits per heavy atom. The molecule has 7 nitrogen and oxygen atoms in total. The van der Waals surface area contributed by atoms with Crippen LogP contribution in [0, 0.1) is 0 Å². The van der Waals surface area contributed by atoms with Gasteiger partial charge in [-0.05, 0) is 25.3 Å². The fourth-order valence-electron chi connectivity index (χ4n) is 2.11. The van der Waals surface area contributed by atoms with Gasteiger partial charge < -0.3 is 13.9 Å². The Bertz CT molecular complexity index is 453. The molecule has 1 aliphatic carbocycles. The minimum absolute atomic E-state index is 0.396. The normalized spacial score (nSPS) is 19.2. The summed E-state index contributed by atoms with van der Waals surface area (Å²) in [4.78, 5) is 27.5. The van der Waals surface area contributed by atoms with Crippen LogP contribution in [0.5, 0.6) is 0 Å². The summed E-state index contributed by atoms with van der Waals surface area (Å²) in [5, 5.41) is 1.49. The first kappa shape index (κ1) is 16.9. The van der Waals surface area contributed by atoms with Crippen LogP contribution in [0.15, 0.2) is 11.4 Å². The van der Waals surface area contributed by atoms with E-state index in [9.17, 15) is 14.2 Å². The first-order valence-electron chi connectivity index (χ1n) is 6.25. The maximum atomic E-state index is 12.3. The lowest BCUT2D eigenvalue weighted by Gasteiger charge is -2.31. The van der Waals surface area contributed by atoms with Crippen LogP contribution in [0.25, 0.3) is 0 Å². The summed E-state index contributed by atoms with van der Waals surface area (Å²) in [7, 11) is -0.697. The standard InChI is InChI=1S/C12H20NO6P/c1-9(14)13(19-10(2)15)11-6-5-7-12(8-11)20(16,17-3)18-4/h8,11H,5-7H2,1-4H3. The summed E-state index contributed by atoms with van der Waals surface area (Å²) in [5.41, 5.74) is 0. The van der Waals surface area contributed by atoms with Gasteiger partial charge in [-0.2, -0.15) is 5.06 Å². The van der Waals surface area contributed by atoms with Gasteiger partial charge in [0.15, 0.2) is 0 Å². The molecule has 0 saturated heterocycles. The van der Waals surface area contributed by atoms with E-state index in [0.717, 1.165) is 5.06 Å². The highest BCUT2D eigenvalue weighted by Gasteiger charge is 2.33. The van der Waals surface area contributed by atoms with Crippen molar-refractivity contribution in [3.63, 3.8) is 0 Å². The van der Waals surface area contributed by atoms with Crippen LogP contribution in [0.1, 0.15) is 33.1 Å². The van der Waals surface area contributed by atoms with Gasteiger partial charge >= 0.3 is 13.6 Å². The summed E-state index contributed by atoms with van der Waals surface area (Å²) in [6.45, 7) is 2.52. The second-order valence-corrected chi connectivity index (χ2v) is 6.71. The van der Waals surface area contributed by atoms with E-state index in [1.54, 1.807) is 6.08 Å².